The van der Waals surface area contributed by atoms with Gasteiger partial charge in [-0.25, -0.2) is 9.97 Å². The highest BCUT2D eigenvalue weighted by Crippen LogP contribution is 2.27. The molecule has 0 bridgehead atoms. The number of anilines is 2. The first-order chi connectivity index (χ1) is 7.69. The Hall–Kier alpha value is -1.12. The van der Waals surface area contributed by atoms with E-state index in [4.69, 9.17) is 23.8 Å². The van der Waals surface area contributed by atoms with Gasteiger partial charge in [0.25, 0.3) is 0 Å². The van der Waals surface area contributed by atoms with Gasteiger partial charge in [-0.2, -0.15) is 0 Å². The highest BCUT2D eigenvalue weighted by atomic mass is 35.5. The predicted octanol–water partition coefficient (Wildman–Crippen LogP) is 2.26. The molecule has 86 valence electrons. The summed E-state index contributed by atoms with van der Waals surface area (Å²) in [5.41, 5.74) is 6.05. The molecule has 0 aliphatic rings. The van der Waals surface area contributed by atoms with Crippen molar-refractivity contribution in [3.8, 4) is 12.3 Å². The van der Waals surface area contributed by atoms with Gasteiger partial charge in [0, 0.05) is 5.75 Å². The van der Waals surface area contributed by atoms with Crippen LogP contribution in [0.2, 0.25) is 5.15 Å². The number of aromatic nitrogens is 2. The van der Waals surface area contributed by atoms with E-state index in [9.17, 15) is 0 Å². The lowest BCUT2D eigenvalue weighted by Crippen LogP contribution is -2.07. The molecule has 0 unspecified atom stereocenters. The fraction of sp³-hybridized carbons (Fsp3) is 0.400. The Balaban J connectivity index is 2.89. The molecule has 4 nitrogen and oxygen atoms in total. The molecule has 1 aromatic rings. The SMILES string of the molecule is C#CCNc1nc(SCCC)nc(Cl)c1N. The van der Waals surface area contributed by atoms with Crippen LogP contribution in [0, 0.1) is 12.3 Å². The number of terminal acetylenes is 1. The average Bonchev–Trinajstić information content (AvgIpc) is 2.28. The normalized spacial score (nSPS) is 9.81. The van der Waals surface area contributed by atoms with Gasteiger partial charge in [0.15, 0.2) is 16.1 Å². The summed E-state index contributed by atoms with van der Waals surface area (Å²) in [6, 6.07) is 0. The van der Waals surface area contributed by atoms with Gasteiger partial charge >= 0.3 is 0 Å². The molecule has 0 saturated heterocycles. The van der Waals surface area contributed by atoms with Crippen LogP contribution >= 0.6 is 23.4 Å². The van der Waals surface area contributed by atoms with Gasteiger partial charge in [-0.05, 0) is 6.42 Å². The van der Waals surface area contributed by atoms with Crippen molar-refractivity contribution in [1.82, 2.24) is 9.97 Å². The molecule has 16 heavy (non-hydrogen) atoms. The minimum atomic E-state index is 0.258. The van der Waals surface area contributed by atoms with E-state index in [-0.39, 0.29) is 5.15 Å². The maximum atomic E-state index is 5.90. The first-order valence-electron chi connectivity index (χ1n) is 4.82. The quantitative estimate of drug-likeness (QED) is 0.366. The summed E-state index contributed by atoms with van der Waals surface area (Å²) in [5, 5.41) is 3.78. The molecule has 0 radical (unpaired) electrons. The Morgan fingerprint density at radius 3 is 2.94 bits per heavy atom. The second-order valence-electron chi connectivity index (χ2n) is 2.97. The molecule has 1 aromatic heterocycles. The van der Waals surface area contributed by atoms with Crippen LogP contribution in [0.5, 0.6) is 0 Å². The maximum Gasteiger partial charge on any atom is 0.191 e. The van der Waals surface area contributed by atoms with Crippen molar-refractivity contribution in [1.29, 1.82) is 0 Å². The highest BCUT2D eigenvalue weighted by Gasteiger charge is 2.09. The molecule has 0 fully saturated rings. The van der Waals surface area contributed by atoms with Gasteiger partial charge < -0.3 is 11.1 Å². The number of nitrogens with one attached hydrogen (secondary N) is 1. The lowest BCUT2D eigenvalue weighted by molar-refractivity contribution is 0.964. The third-order valence-corrected chi connectivity index (χ3v) is 3.01. The van der Waals surface area contributed by atoms with Gasteiger partial charge in [0.1, 0.15) is 5.69 Å². The lowest BCUT2D eigenvalue weighted by Gasteiger charge is -2.08. The van der Waals surface area contributed by atoms with Crippen molar-refractivity contribution in [2.75, 3.05) is 23.3 Å². The van der Waals surface area contributed by atoms with Gasteiger partial charge in [-0.3, -0.25) is 0 Å². The summed E-state index contributed by atoms with van der Waals surface area (Å²) in [6.45, 7) is 2.44. The second-order valence-corrected chi connectivity index (χ2v) is 4.39. The summed E-state index contributed by atoms with van der Waals surface area (Å²) in [4.78, 5) is 8.32. The van der Waals surface area contributed by atoms with Crippen molar-refractivity contribution in [3.05, 3.63) is 5.15 Å². The number of halogens is 1. The molecule has 0 aromatic carbocycles. The Morgan fingerprint density at radius 1 is 1.56 bits per heavy atom. The predicted molar refractivity (Wildman–Crippen MR) is 69.8 cm³/mol. The van der Waals surface area contributed by atoms with Crippen LogP contribution < -0.4 is 11.1 Å². The number of hydrogen-bond acceptors (Lipinski definition) is 5. The van der Waals surface area contributed by atoms with E-state index < -0.39 is 0 Å². The molecular formula is C10H13ClN4S. The first-order valence-corrected chi connectivity index (χ1v) is 6.18. The van der Waals surface area contributed by atoms with Crippen molar-refractivity contribution >= 4 is 34.9 Å². The number of nitrogens with zero attached hydrogens (tertiary/aromatic N) is 2. The fourth-order valence-electron chi connectivity index (χ4n) is 0.950. The van der Waals surface area contributed by atoms with Crippen LogP contribution in [0.4, 0.5) is 11.5 Å². The number of rotatable bonds is 5. The Morgan fingerprint density at radius 2 is 2.31 bits per heavy atom. The number of nitrogens with two attached hydrogens (primary N) is 1. The summed E-state index contributed by atoms with van der Waals surface area (Å²) in [6.07, 6.45) is 6.19. The van der Waals surface area contributed by atoms with Gasteiger partial charge in [0.2, 0.25) is 0 Å². The van der Waals surface area contributed by atoms with Crippen molar-refractivity contribution in [2.24, 2.45) is 0 Å². The first kappa shape index (κ1) is 12.9. The van der Waals surface area contributed by atoms with Gasteiger partial charge in [-0.15, -0.1) is 6.42 Å². The topological polar surface area (TPSA) is 63.8 Å². The summed E-state index contributed by atoms with van der Waals surface area (Å²) in [7, 11) is 0. The minimum Gasteiger partial charge on any atom is -0.393 e. The molecule has 0 aliphatic carbocycles. The van der Waals surface area contributed by atoms with Crippen LogP contribution in [0.15, 0.2) is 5.16 Å². The summed E-state index contributed by atoms with van der Waals surface area (Å²) < 4.78 is 0. The monoisotopic (exact) mass is 256 g/mol. The smallest absolute Gasteiger partial charge is 0.191 e. The molecule has 1 heterocycles. The van der Waals surface area contributed by atoms with Crippen LogP contribution in [-0.2, 0) is 0 Å². The summed E-state index contributed by atoms with van der Waals surface area (Å²) >= 11 is 7.43. The zero-order valence-corrected chi connectivity index (χ0v) is 10.5. The highest BCUT2D eigenvalue weighted by molar-refractivity contribution is 7.99. The van der Waals surface area contributed by atoms with Crippen molar-refractivity contribution < 1.29 is 0 Å². The van der Waals surface area contributed by atoms with Crippen LogP contribution in [0.1, 0.15) is 13.3 Å². The zero-order valence-electron chi connectivity index (χ0n) is 8.96. The molecule has 0 atom stereocenters. The molecule has 6 heteroatoms. The third kappa shape index (κ3) is 3.47. The molecular weight excluding hydrogens is 244 g/mol. The Labute approximate surface area is 104 Å². The van der Waals surface area contributed by atoms with Crippen LogP contribution in [0.25, 0.3) is 0 Å². The van der Waals surface area contributed by atoms with Gasteiger partial charge in [-0.1, -0.05) is 36.2 Å². The van der Waals surface area contributed by atoms with E-state index >= 15 is 0 Å². The molecule has 3 N–H and O–H groups in total. The lowest BCUT2D eigenvalue weighted by atomic mass is 10.5. The molecule has 0 amide bonds. The van der Waals surface area contributed by atoms with E-state index in [1.165, 1.54) is 11.8 Å². The number of hydrogen-bond donors (Lipinski definition) is 2. The Bertz CT molecular complexity index is 403. The summed E-state index contributed by atoms with van der Waals surface area (Å²) in [5.74, 6) is 3.88. The Kier molecular flexibility index (Phi) is 5.23. The van der Waals surface area contributed by atoms with Crippen LogP contribution in [0.3, 0.4) is 0 Å². The van der Waals surface area contributed by atoms with E-state index in [1.807, 2.05) is 0 Å². The van der Waals surface area contributed by atoms with E-state index in [0.29, 0.717) is 23.2 Å². The fourth-order valence-corrected chi connectivity index (χ4v) is 1.87. The molecule has 0 spiro atoms. The standard InChI is InChI=1S/C10H13ClN4S/c1-3-5-13-9-7(12)8(11)14-10(15-9)16-6-4-2/h1H,4-6,12H2,2H3,(H,13,14,15). The van der Waals surface area contributed by atoms with E-state index in [2.05, 4.69) is 28.1 Å². The van der Waals surface area contributed by atoms with Crippen molar-refractivity contribution in [2.45, 2.75) is 18.5 Å². The average molecular weight is 257 g/mol. The maximum absolute atomic E-state index is 5.90. The van der Waals surface area contributed by atoms with Crippen molar-refractivity contribution in [3.63, 3.8) is 0 Å². The van der Waals surface area contributed by atoms with E-state index in [1.54, 1.807) is 0 Å². The van der Waals surface area contributed by atoms with Crippen LogP contribution in [-0.4, -0.2) is 22.3 Å². The number of thioether (sulfide) groups is 1. The second kappa shape index (κ2) is 6.46. The molecule has 0 saturated carbocycles. The minimum absolute atomic E-state index is 0.258. The largest absolute Gasteiger partial charge is 0.393 e. The van der Waals surface area contributed by atoms with E-state index in [0.717, 1.165) is 12.2 Å². The molecule has 0 aliphatic heterocycles. The third-order valence-electron chi connectivity index (χ3n) is 1.67. The zero-order chi connectivity index (χ0) is 12.0. The molecule has 1 rings (SSSR count). The number of nitrogen functional groups attached to an aromatic ring is 1. The van der Waals surface area contributed by atoms with Gasteiger partial charge in [0.05, 0.1) is 6.54 Å².